The number of carbonyl (C=O) groups is 2. The fraction of sp³-hybridized carbons (Fsp3) is 0.318. The molecule has 10 heteroatoms. The number of halogens is 3. The van der Waals surface area contributed by atoms with Crippen molar-refractivity contribution in [3.05, 3.63) is 59.7 Å². The van der Waals surface area contributed by atoms with E-state index >= 15 is 0 Å². The van der Waals surface area contributed by atoms with Gasteiger partial charge in [0.05, 0.1) is 36.0 Å². The molecule has 1 amide bonds. The van der Waals surface area contributed by atoms with Gasteiger partial charge in [-0.05, 0) is 30.2 Å². The number of imidazole rings is 1. The third kappa shape index (κ3) is 6.25. The van der Waals surface area contributed by atoms with Gasteiger partial charge in [0.25, 0.3) is 0 Å². The zero-order valence-electron chi connectivity index (χ0n) is 17.3. The van der Waals surface area contributed by atoms with Crippen LogP contribution in [0.4, 0.5) is 13.2 Å². The molecule has 170 valence electrons. The Kier molecular flexibility index (Phi) is 7.79. The van der Waals surface area contributed by atoms with E-state index in [-0.39, 0.29) is 29.6 Å². The molecule has 0 spiro atoms. The lowest BCUT2D eigenvalue weighted by Gasteiger charge is -2.10. The summed E-state index contributed by atoms with van der Waals surface area (Å²) in [6.45, 7) is 0.732. The van der Waals surface area contributed by atoms with Crippen LogP contribution in [0.15, 0.2) is 53.7 Å². The second kappa shape index (κ2) is 10.5. The first-order valence-electron chi connectivity index (χ1n) is 9.85. The van der Waals surface area contributed by atoms with Crippen molar-refractivity contribution in [3.63, 3.8) is 0 Å². The Labute approximate surface area is 187 Å². The summed E-state index contributed by atoms with van der Waals surface area (Å²) in [5.74, 6) is -0.557. The maximum Gasteiger partial charge on any atom is 0.416 e. The van der Waals surface area contributed by atoms with Gasteiger partial charge < -0.3 is 14.6 Å². The van der Waals surface area contributed by atoms with Crippen molar-refractivity contribution in [2.24, 2.45) is 0 Å². The highest BCUT2D eigenvalue weighted by molar-refractivity contribution is 7.99. The van der Waals surface area contributed by atoms with Crippen LogP contribution in [0.25, 0.3) is 11.0 Å². The number of rotatable bonds is 9. The van der Waals surface area contributed by atoms with Gasteiger partial charge in [0.2, 0.25) is 5.91 Å². The molecule has 3 aromatic rings. The number of ether oxygens (including phenoxy) is 1. The van der Waals surface area contributed by atoms with E-state index in [0.29, 0.717) is 30.2 Å². The summed E-state index contributed by atoms with van der Waals surface area (Å²) in [6.07, 6.45) is -3.80. The maximum absolute atomic E-state index is 13.1. The second-order valence-electron chi connectivity index (χ2n) is 6.99. The first-order chi connectivity index (χ1) is 15.3. The molecule has 6 nitrogen and oxygen atoms in total. The lowest BCUT2D eigenvalue weighted by atomic mass is 10.2. The molecule has 0 atom stereocenters. The Morgan fingerprint density at radius 2 is 1.91 bits per heavy atom. The van der Waals surface area contributed by atoms with Gasteiger partial charge >= 0.3 is 12.1 Å². The number of hydrogen-bond donors (Lipinski definition) is 1. The van der Waals surface area contributed by atoms with Crippen LogP contribution in [0, 0.1) is 0 Å². The average molecular weight is 465 g/mol. The van der Waals surface area contributed by atoms with Gasteiger partial charge in [0, 0.05) is 13.0 Å². The largest absolute Gasteiger partial charge is 0.469 e. The minimum Gasteiger partial charge on any atom is -0.469 e. The second-order valence-corrected chi connectivity index (χ2v) is 7.93. The Hall–Kier alpha value is -3.01. The van der Waals surface area contributed by atoms with E-state index in [1.807, 2.05) is 30.3 Å². The minimum absolute atomic E-state index is 0.0441. The number of esters is 1. The molecule has 0 saturated carbocycles. The molecule has 2 aromatic carbocycles. The van der Waals surface area contributed by atoms with Crippen LogP contribution in [-0.4, -0.2) is 40.8 Å². The van der Waals surface area contributed by atoms with Gasteiger partial charge in [-0.15, -0.1) is 0 Å². The van der Waals surface area contributed by atoms with Gasteiger partial charge in [-0.3, -0.25) is 9.59 Å². The topological polar surface area (TPSA) is 73.2 Å². The maximum atomic E-state index is 13.1. The molecule has 1 heterocycles. The van der Waals surface area contributed by atoms with E-state index < -0.39 is 11.7 Å². The highest BCUT2D eigenvalue weighted by atomic mass is 32.2. The Bertz CT molecular complexity index is 1080. The van der Waals surface area contributed by atoms with E-state index in [1.165, 1.54) is 13.2 Å². The quantitative estimate of drug-likeness (QED) is 0.290. The van der Waals surface area contributed by atoms with Gasteiger partial charge in [0.15, 0.2) is 5.16 Å². The molecule has 0 bridgehead atoms. The molecule has 32 heavy (non-hydrogen) atoms. The highest BCUT2D eigenvalue weighted by Crippen LogP contribution is 2.33. The zero-order valence-corrected chi connectivity index (χ0v) is 18.1. The number of methoxy groups -OCH3 is 1. The van der Waals surface area contributed by atoms with Crippen LogP contribution >= 0.6 is 11.8 Å². The van der Waals surface area contributed by atoms with Gasteiger partial charge in [-0.25, -0.2) is 4.98 Å². The molecule has 0 aliphatic heterocycles. The van der Waals surface area contributed by atoms with Crippen LogP contribution < -0.4 is 5.32 Å². The van der Waals surface area contributed by atoms with Crippen molar-refractivity contribution >= 4 is 34.7 Å². The molecular formula is C22H22F3N3O3S. The number of carbonyl (C=O) groups excluding carboxylic acids is 2. The fourth-order valence-electron chi connectivity index (χ4n) is 3.06. The van der Waals surface area contributed by atoms with Gasteiger partial charge in [0.1, 0.15) is 0 Å². The number of aromatic nitrogens is 2. The SMILES string of the molecule is COC(=O)CCCNC(=O)CSc1nc2cc(C(F)(F)F)ccc2n1Cc1ccccc1. The van der Waals surface area contributed by atoms with Gasteiger partial charge in [-0.1, -0.05) is 42.1 Å². The number of fused-ring (bicyclic) bond motifs is 1. The summed E-state index contributed by atoms with van der Waals surface area (Å²) >= 11 is 1.15. The van der Waals surface area contributed by atoms with Crippen molar-refractivity contribution in [1.29, 1.82) is 0 Å². The third-order valence-corrected chi connectivity index (χ3v) is 5.64. The number of thioether (sulfide) groups is 1. The van der Waals surface area contributed by atoms with Crippen molar-refractivity contribution in [3.8, 4) is 0 Å². The Morgan fingerprint density at radius 3 is 2.59 bits per heavy atom. The van der Waals surface area contributed by atoms with Crippen molar-refractivity contribution in [2.75, 3.05) is 19.4 Å². The smallest absolute Gasteiger partial charge is 0.416 e. The van der Waals surface area contributed by atoms with Crippen molar-refractivity contribution in [1.82, 2.24) is 14.9 Å². The molecular weight excluding hydrogens is 443 g/mol. The standard InChI is InChI=1S/C22H22F3N3O3S/c1-31-20(30)8-5-11-26-19(29)14-32-21-27-17-12-16(22(23,24)25)9-10-18(17)28(21)13-15-6-3-2-4-7-15/h2-4,6-7,9-10,12H,5,8,11,13-14H2,1H3,(H,26,29). The molecule has 1 aromatic heterocycles. The first kappa shape index (κ1) is 23.6. The summed E-state index contributed by atoms with van der Waals surface area (Å²) in [4.78, 5) is 27.6. The molecule has 1 N–H and O–H groups in total. The molecule has 0 saturated heterocycles. The lowest BCUT2D eigenvalue weighted by Crippen LogP contribution is -2.26. The summed E-state index contributed by atoms with van der Waals surface area (Å²) in [5.41, 5.74) is 0.967. The number of alkyl halides is 3. The number of nitrogens with zero attached hydrogens (tertiary/aromatic N) is 2. The number of hydrogen-bond acceptors (Lipinski definition) is 5. The van der Waals surface area contributed by atoms with E-state index in [4.69, 9.17) is 0 Å². The predicted octanol–water partition coefficient (Wildman–Crippen LogP) is 4.26. The zero-order chi connectivity index (χ0) is 23.1. The highest BCUT2D eigenvalue weighted by Gasteiger charge is 2.31. The number of amides is 1. The third-order valence-electron chi connectivity index (χ3n) is 4.66. The molecule has 0 aliphatic rings. The van der Waals surface area contributed by atoms with Crippen LogP contribution in [0.5, 0.6) is 0 Å². The minimum atomic E-state index is -4.46. The fourth-order valence-corrected chi connectivity index (χ4v) is 3.90. The van der Waals surface area contributed by atoms with Crippen molar-refractivity contribution < 1.29 is 27.5 Å². The van der Waals surface area contributed by atoms with Crippen molar-refractivity contribution in [2.45, 2.75) is 30.7 Å². The number of nitrogens with one attached hydrogen (secondary N) is 1. The Morgan fingerprint density at radius 1 is 1.16 bits per heavy atom. The van der Waals surface area contributed by atoms with Crippen LogP contribution in [0.2, 0.25) is 0 Å². The normalized spacial score (nSPS) is 11.5. The van der Waals surface area contributed by atoms with E-state index in [1.54, 1.807) is 4.57 Å². The molecule has 0 unspecified atom stereocenters. The van der Waals surface area contributed by atoms with E-state index in [2.05, 4.69) is 15.0 Å². The van der Waals surface area contributed by atoms with Crippen LogP contribution in [-0.2, 0) is 27.0 Å². The van der Waals surface area contributed by atoms with Crippen LogP contribution in [0.3, 0.4) is 0 Å². The molecule has 0 fully saturated rings. The molecule has 0 aliphatic carbocycles. The average Bonchev–Trinajstić information content (AvgIpc) is 3.11. The van der Waals surface area contributed by atoms with Crippen LogP contribution in [0.1, 0.15) is 24.0 Å². The summed E-state index contributed by atoms with van der Waals surface area (Å²) in [5, 5.41) is 3.16. The van der Waals surface area contributed by atoms with Gasteiger partial charge in [-0.2, -0.15) is 13.2 Å². The summed E-state index contributed by atoms with van der Waals surface area (Å²) in [7, 11) is 1.30. The van der Waals surface area contributed by atoms with E-state index in [0.717, 1.165) is 29.5 Å². The monoisotopic (exact) mass is 465 g/mol. The predicted molar refractivity (Wildman–Crippen MR) is 115 cm³/mol. The Balaban J connectivity index is 1.75. The summed E-state index contributed by atoms with van der Waals surface area (Å²) < 4.78 is 45.7. The first-order valence-corrected chi connectivity index (χ1v) is 10.8. The summed E-state index contributed by atoms with van der Waals surface area (Å²) in [6, 6.07) is 12.9. The molecule has 3 rings (SSSR count). The lowest BCUT2D eigenvalue weighted by molar-refractivity contribution is -0.141. The van der Waals surface area contributed by atoms with E-state index in [9.17, 15) is 22.8 Å². The molecule has 0 radical (unpaired) electrons. The number of benzene rings is 2.